The van der Waals surface area contributed by atoms with E-state index >= 15 is 0 Å². The molecule has 2 aliphatic rings. The molecule has 5 rings (SSSR count). The Hall–Kier alpha value is -2.91. The van der Waals surface area contributed by atoms with Crippen molar-refractivity contribution < 1.29 is 15.5 Å². The Morgan fingerprint density at radius 2 is 1.10 bits per heavy atom. The second kappa shape index (κ2) is 12.1. The Morgan fingerprint density at radius 3 is 1.61 bits per heavy atom. The fraction of sp³-hybridized carbons (Fsp3) is 0.444. The number of nitrogens with one attached hydrogen (secondary N) is 1. The molecule has 3 aromatic heterocycles. The van der Waals surface area contributed by atoms with Crippen LogP contribution in [0.3, 0.4) is 0 Å². The van der Waals surface area contributed by atoms with Crippen molar-refractivity contribution in [2.24, 2.45) is 0 Å². The van der Waals surface area contributed by atoms with Crippen LogP contribution in [-0.4, -0.2) is 19.5 Å². The Balaban J connectivity index is 2.18. The number of H-pyrrole nitrogens is 1. The van der Waals surface area contributed by atoms with Crippen LogP contribution in [0.2, 0.25) is 0 Å². The van der Waals surface area contributed by atoms with Gasteiger partial charge in [0.15, 0.2) is 0 Å². The zero-order valence-corrected chi connectivity index (χ0v) is 27.1. The third-order valence-electron chi connectivity index (χ3n) is 8.95. The van der Waals surface area contributed by atoms with Gasteiger partial charge in [0.1, 0.15) is 0 Å². The summed E-state index contributed by atoms with van der Waals surface area (Å²) in [6.07, 6.45) is 10.9. The number of allylic oxidation sites excluding steroid dienone is 1. The topological polar surface area (TPSA) is 46.5 Å². The van der Waals surface area contributed by atoms with Crippen molar-refractivity contribution >= 4 is 44.3 Å². The monoisotopic (exact) mass is 591 g/mol. The first-order chi connectivity index (χ1) is 19.9. The molecule has 1 N–H and O–H groups in total. The van der Waals surface area contributed by atoms with E-state index in [2.05, 4.69) is 89.2 Å². The number of aromatic amines is 1. The summed E-state index contributed by atoms with van der Waals surface area (Å²) in [5.41, 5.74) is 18.5. The molecule has 0 fully saturated rings. The first-order valence-electron chi connectivity index (χ1n) is 15.8. The molecule has 3 aromatic rings. The van der Waals surface area contributed by atoms with Gasteiger partial charge in [-0.3, -0.25) is 0 Å². The molecule has 0 amide bonds. The van der Waals surface area contributed by atoms with Gasteiger partial charge in [-0.25, -0.2) is 0 Å². The molecular formula is C36H45N4Ni. The number of rotatable bonds is 8. The summed E-state index contributed by atoms with van der Waals surface area (Å²) in [6, 6.07) is 4.41. The van der Waals surface area contributed by atoms with Gasteiger partial charge in [-0.05, 0) is 0 Å². The number of aromatic nitrogens is 4. The van der Waals surface area contributed by atoms with Gasteiger partial charge >= 0.3 is 254 Å². The van der Waals surface area contributed by atoms with Crippen LogP contribution in [0, 0.1) is 0 Å². The quantitative estimate of drug-likeness (QED) is 0.208. The van der Waals surface area contributed by atoms with Gasteiger partial charge in [-0.2, -0.15) is 0 Å². The third kappa shape index (κ3) is 4.65. The summed E-state index contributed by atoms with van der Waals surface area (Å²) in [5.74, 6) is 0. The molecule has 8 bridgehead atoms. The van der Waals surface area contributed by atoms with Crippen LogP contribution in [0.15, 0.2) is 12.1 Å². The first kappa shape index (κ1) is 29.6. The SMILES string of the molecule is CCC1=[C]([Ni])c2nc1c(CC)c1c(CC)c(CC)c(c(CC)c3nc(c(CC)c4ccc([nH]4)c2CC)C=C3)n1CC. The first-order valence-corrected chi connectivity index (χ1v) is 16.3. The summed E-state index contributed by atoms with van der Waals surface area (Å²) in [6.45, 7) is 19.0. The molecule has 2 aliphatic heterocycles. The summed E-state index contributed by atoms with van der Waals surface area (Å²) in [5, 5.41) is 0. The number of hydrogen-bond acceptors (Lipinski definition) is 2. The van der Waals surface area contributed by atoms with Crippen LogP contribution in [0.5, 0.6) is 0 Å². The minimum atomic E-state index is 0.863. The van der Waals surface area contributed by atoms with Gasteiger partial charge in [0.25, 0.3) is 0 Å². The average molecular weight is 592 g/mol. The maximum absolute atomic E-state index is 5.82. The molecule has 0 aliphatic carbocycles. The van der Waals surface area contributed by atoms with E-state index in [1.54, 1.807) is 0 Å². The molecular weight excluding hydrogens is 547 g/mol. The molecule has 5 heteroatoms. The summed E-state index contributed by atoms with van der Waals surface area (Å²) < 4.78 is 3.54. The zero-order valence-electron chi connectivity index (χ0n) is 26.1. The minimum absolute atomic E-state index is 0.863. The summed E-state index contributed by atoms with van der Waals surface area (Å²) in [7, 11) is 0. The van der Waals surface area contributed by atoms with Crippen LogP contribution >= 0.6 is 0 Å². The van der Waals surface area contributed by atoms with Crippen molar-refractivity contribution in [1.82, 2.24) is 19.5 Å². The van der Waals surface area contributed by atoms with Crippen LogP contribution in [0.1, 0.15) is 118 Å². The van der Waals surface area contributed by atoms with Crippen molar-refractivity contribution in [3.05, 3.63) is 68.3 Å². The Labute approximate surface area is 253 Å². The average Bonchev–Trinajstić information content (AvgIpc) is 3.77. The van der Waals surface area contributed by atoms with Crippen LogP contribution in [0.25, 0.3) is 44.3 Å². The van der Waals surface area contributed by atoms with Crippen molar-refractivity contribution in [3.8, 4) is 0 Å². The van der Waals surface area contributed by atoms with E-state index in [4.69, 9.17) is 25.4 Å². The number of hydrogen-bond donors (Lipinski definition) is 1. The predicted octanol–water partition coefficient (Wildman–Crippen LogP) is 9.18. The molecule has 0 atom stereocenters. The molecule has 0 saturated heterocycles. The summed E-state index contributed by atoms with van der Waals surface area (Å²) >= 11 is 5.82. The molecule has 0 aromatic carbocycles. The second-order valence-corrected chi connectivity index (χ2v) is 11.4. The van der Waals surface area contributed by atoms with E-state index in [-0.39, 0.29) is 0 Å². The molecule has 41 heavy (non-hydrogen) atoms. The molecule has 219 valence electrons. The van der Waals surface area contributed by atoms with E-state index in [1.807, 2.05) is 0 Å². The van der Waals surface area contributed by atoms with E-state index in [0.29, 0.717) is 0 Å². The second-order valence-electron chi connectivity index (χ2n) is 10.9. The van der Waals surface area contributed by atoms with Crippen molar-refractivity contribution in [3.63, 3.8) is 0 Å². The van der Waals surface area contributed by atoms with Crippen LogP contribution < -0.4 is 0 Å². The van der Waals surface area contributed by atoms with E-state index < -0.39 is 0 Å². The normalized spacial score (nSPS) is 13.1. The zero-order chi connectivity index (χ0) is 29.4. The van der Waals surface area contributed by atoms with Gasteiger partial charge in [0.05, 0.1) is 0 Å². The van der Waals surface area contributed by atoms with Gasteiger partial charge in [0, 0.05) is 0 Å². The maximum atomic E-state index is 5.82. The number of nitrogens with zero attached hydrogens (tertiary/aromatic N) is 3. The van der Waals surface area contributed by atoms with Gasteiger partial charge in [-0.15, -0.1) is 0 Å². The van der Waals surface area contributed by atoms with Gasteiger partial charge in [0.2, 0.25) is 0 Å². The molecule has 0 saturated carbocycles. The Bertz CT molecular complexity index is 1730. The van der Waals surface area contributed by atoms with Crippen molar-refractivity contribution in [2.45, 2.75) is 107 Å². The fourth-order valence-electron chi connectivity index (χ4n) is 7.07. The standard InChI is InChI=1S/C36H45N4.Ni/c1-9-22-21-33-26(13-5)31-18-17-29(37-31)25(12-4)30-19-20-32(38-30)27(14-6)35-23(10-2)24(11-3)36(40(35)16-8)28(15-7)34(22)39-33;/h17-20,37H,9-16H2,1-8H3;. The molecule has 5 heterocycles. The molecule has 4 nitrogen and oxygen atoms in total. The molecule has 0 radical (unpaired) electrons. The van der Waals surface area contributed by atoms with Crippen LogP contribution in [-0.2, 0) is 60.5 Å². The van der Waals surface area contributed by atoms with Crippen molar-refractivity contribution in [1.29, 1.82) is 0 Å². The van der Waals surface area contributed by atoms with Crippen LogP contribution in [0.4, 0.5) is 0 Å². The van der Waals surface area contributed by atoms with Gasteiger partial charge < -0.3 is 0 Å². The molecule has 0 spiro atoms. The number of aryl methyl sites for hydroxylation is 7. The van der Waals surface area contributed by atoms with E-state index in [9.17, 15) is 0 Å². The summed E-state index contributed by atoms with van der Waals surface area (Å²) in [4.78, 5) is 14.5. The fourth-order valence-corrected chi connectivity index (χ4v) is 7.56. The third-order valence-corrected chi connectivity index (χ3v) is 9.49. The Kier molecular flexibility index (Phi) is 8.76. The number of fused-ring (bicyclic) bond motifs is 8. The van der Waals surface area contributed by atoms with E-state index in [1.165, 1.54) is 50.0 Å². The van der Waals surface area contributed by atoms with Gasteiger partial charge in [-0.1, -0.05) is 0 Å². The van der Waals surface area contributed by atoms with E-state index in [0.717, 1.165) is 89.8 Å². The van der Waals surface area contributed by atoms with Crippen molar-refractivity contribution in [2.75, 3.05) is 0 Å². The molecule has 0 unspecified atom stereocenters. The Morgan fingerprint density at radius 1 is 0.585 bits per heavy atom. The predicted molar refractivity (Wildman–Crippen MR) is 173 cm³/mol.